The topological polar surface area (TPSA) is 87.7 Å². The molecular weight excluding hydrogens is 224 g/mol. The van der Waals surface area contributed by atoms with Crippen LogP contribution in [0.25, 0.3) is 0 Å². The fraction of sp³-hybridized carbons (Fsp3) is 0.818. The first-order valence-corrected chi connectivity index (χ1v) is 5.90. The molecule has 0 aromatic rings. The Morgan fingerprint density at radius 2 is 1.94 bits per heavy atom. The van der Waals surface area contributed by atoms with Crippen LogP contribution in [0.4, 0.5) is 4.79 Å². The van der Waals surface area contributed by atoms with Gasteiger partial charge < -0.3 is 20.5 Å². The molecule has 17 heavy (non-hydrogen) atoms. The molecular formula is C11H22N2O4. The van der Waals surface area contributed by atoms with Crippen LogP contribution in [0.1, 0.15) is 26.7 Å². The minimum absolute atomic E-state index is 0.265. The van der Waals surface area contributed by atoms with Crippen LogP contribution in [0, 0.1) is 5.92 Å². The molecule has 0 fully saturated rings. The standard InChI is InChI=1S/C11H22N2O4/c1-3-17-8-4-6-12-11(16)13-7-5-9(2)10(14)15/h9H,3-8H2,1-2H3,(H,14,15)(H2,12,13,16). The summed E-state index contributed by atoms with van der Waals surface area (Å²) in [4.78, 5) is 21.7. The predicted octanol–water partition coefficient (Wildman–Crippen LogP) is 0.823. The molecule has 0 saturated heterocycles. The fourth-order valence-electron chi connectivity index (χ4n) is 1.11. The van der Waals surface area contributed by atoms with E-state index < -0.39 is 11.9 Å². The van der Waals surface area contributed by atoms with Crippen LogP contribution in [-0.2, 0) is 9.53 Å². The number of amides is 2. The third kappa shape index (κ3) is 9.62. The quantitative estimate of drug-likeness (QED) is 0.526. The van der Waals surface area contributed by atoms with Crippen molar-refractivity contribution in [3.05, 3.63) is 0 Å². The van der Waals surface area contributed by atoms with E-state index in [0.717, 1.165) is 6.42 Å². The molecule has 2 amide bonds. The van der Waals surface area contributed by atoms with E-state index in [4.69, 9.17) is 9.84 Å². The van der Waals surface area contributed by atoms with Gasteiger partial charge in [0.2, 0.25) is 0 Å². The van der Waals surface area contributed by atoms with Crippen LogP contribution in [0.5, 0.6) is 0 Å². The van der Waals surface area contributed by atoms with Crippen LogP contribution in [0.15, 0.2) is 0 Å². The van der Waals surface area contributed by atoms with Crippen molar-refractivity contribution in [2.45, 2.75) is 26.7 Å². The summed E-state index contributed by atoms with van der Waals surface area (Å²) < 4.78 is 5.12. The normalized spacial score (nSPS) is 11.9. The summed E-state index contributed by atoms with van der Waals surface area (Å²) in [6, 6.07) is -0.265. The second kappa shape index (κ2) is 9.89. The van der Waals surface area contributed by atoms with E-state index in [1.165, 1.54) is 0 Å². The van der Waals surface area contributed by atoms with Gasteiger partial charge >= 0.3 is 12.0 Å². The van der Waals surface area contributed by atoms with Gasteiger partial charge in [0.1, 0.15) is 0 Å². The average Bonchev–Trinajstić information content (AvgIpc) is 2.28. The lowest BCUT2D eigenvalue weighted by Crippen LogP contribution is -2.37. The van der Waals surface area contributed by atoms with Crippen molar-refractivity contribution in [2.24, 2.45) is 5.92 Å². The van der Waals surface area contributed by atoms with Gasteiger partial charge in [0.15, 0.2) is 0 Å². The number of carboxylic acid groups (broad SMARTS) is 1. The van der Waals surface area contributed by atoms with Crippen LogP contribution in [0.2, 0.25) is 0 Å². The lowest BCUT2D eigenvalue weighted by Gasteiger charge is -2.09. The fourth-order valence-corrected chi connectivity index (χ4v) is 1.11. The molecule has 6 heteroatoms. The van der Waals surface area contributed by atoms with Gasteiger partial charge in [-0.15, -0.1) is 0 Å². The first-order valence-electron chi connectivity index (χ1n) is 5.90. The van der Waals surface area contributed by atoms with Gasteiger partial charge in [-0.25, -0.2) is 4.79 Å². The van der Waals surface area contributed by atoms with Gasteiger partial charge in [-0.05, 0) is 19.8 Å². The number of hydrogen-bond donors (Lipinski definition) is 3. The highest BCUT2D eigenvalue weighted by Gasteiger charge is 2.10. The molecule has 3 N–H and O–H groups in total. The van der Waals surface area contributed by atoms with Gasteiger partial charge in [0, 0.05) is 26.3 Å². The van der Waals surface area contributed by atoms with Crippen LogP contribution < -0.4 is 10.6 Å². The molecule has 0 aromatic heterocycles. The Morgan fingerprint density at radius 3 is 2.53 bits per heavy atom. The Bertz CT molecular complexity index is 234. The average molecular weight is 246 g/mol. The summed E-state index contributed by atoms with van der Waals surface area (Å²) in [5.41, 5.74) is 0. The number of hydrogen-bond acceptors (Lipinski definition) is 3. The van der Waals surface area contributed by atoms with E-state index in [1.807, 2.05) is 6.92 Å². The van der Waals surface area contributed by atoms with Crippen molar-refractivity contribution in [1.82, 2.24) is 10.6 Å². The molecule has 0 aromatic carbocycles. The minimum atomic E-state index is -0.844. The number of urea groups is 1. The van der Waals surface area contributed by atoms with Gasteiger partial charge in [-0.3, -0.25) is 4.79 Å². The SMILES string of the molecule is CCOCCCNC(=O)NCCC(C)C(=O)O. The van der Waals surface area contributed by atoms with Gasteiger partial charge in [-0.1, -0.05) is 6.92 Å². The molecule has 0 radical (unpaired) electrons. The largest absolute Gasteiger partial charge is 0.481 e. The Kier molecular flexibility index (Phi) is 9.14. The van der Waals surface area contributed by atoms with E-state index in [-0.39, 0.29) is 6.03 Å². The van der Waals surface area contributed by atoms with Crippen molar-refractivity contribution in [3.63, 3.8) is 0 Å². The molecule has 0 bridgehead atoms. The van der Waals surface area contributed by atoms with Crippen molar-refractivity contribution in [1.29, 1.82) is 0 Å². The second-order valence-corrected chi connectivity index (χ2v) is 3.76. The first kappa shape index (κ1) is 15.7. The number of nitrogens with one attached hydrogen (secondary N) is 2. The highest BCUT2D eigenvalue weighted by Crippen LogP contribution is 1.99. The summed E-state index contributed by atoms with van der Waals surface area (Å²) in [7, 11) is 0. The summed E-state index contributed by atoms with van der Waals surface area (Å²) in [6.07, 6.45) is 1.20. The summed E-state index contributed by atoms with van der Waals surface area (Å²) in [5, 5.41) is 13.9. The molecule has 1 atom stereocenters. The molecule has 0 aliphatic rings. The Morgan fingerprint density at radius 1 is 1.29 bits per heavy atom. The zero-order valence-electron chi connectivity index (χ0n) is 10.5. The van der Waals surface area contributed by atoms with Gasteiger partial charge in [0.25, 0.3) is 0 Å². The van der Waals surface area contributed by atoms with Crippen molar-refractivity contribution in [3.8, 4) is 0 Å². The minimum Gasteiger partial charge on any atom is -0.481 e. The van der Waals surface area contributed by atoms with E-state index in [9.17, 15) is 9.59 Å². The first-order chi connectivity index (χ1) is 8.07. The maximum Gasteiger partial charge on any atom is 0.314 e. The van der Waals surface area contributed by atoms with E-state index in [0.29, 0.717) is 32.7 Å². The van der Waals surface area contributed by atoms with E-state index in [1.54, 1.807) is 6.92 Å². The molecule has 0 spiro atoms. The second-order valence-electron chi connectivity index (χ2n) is 3.76. The van der Waals surface area contributed by atoms with E-state index in [2.05, 4.69) is 10.6 Å². The lowest BCUT2D eigenvalue weighted by atomic mass is 10.1. The third-order valence-electron chi connectivity index (χ3n) is 2.24. The Labute approximate surface area is 102 Å². The number of carbonyl (C=O) groups is 2. The smallest absolute Gasteiger partial charge is 0.314 e. The molecule has 100 valence electrons. The van der Waals surface area contributed by atoms with Crippen molar-refractivity contribution < 1.29 is 19.4 Å². The molecule has 0 saturated carbocycles. The zero-order chi connectivity index (χ0) is 13.1. The zero-order valence-corrected chi connectivity index (χ0v) is 10.5. The highest BCUT2D eigenvalue weighted by atomic mass is 16.5. The highest BCUT2D eigenvalue weighted by molar-refractivity contribution is 5.74. The maximum atomic E-state index is 11.2. The van der Waals surface area contributed by atoms with Crippen molar-refractivity contribution in [2.75, 3.05) is 26.3 Å². The molecule has 1 unspecified atom stereocenters. The van der Waals surface area contributed by atoms with E-state index >= 15 is 0 Å². The summed E-state index contributed by atoms with van der Waals surface area (Å²) in [5.74, 6) is -1.28. The molecule has 6 nitrogen and oxygen atoms in total. The molecule has 0 aliphatic carbocycles. The van der Waals surface area contributed by atoms with Crippen LogP contribution in [0.3, 0.4) is 0 Å². The number of carbonyl (C=O) groups excluding carboxylic acids is 1. The summed E-state index contributed by atoms with van der Waals surface area (Å²) >= 11 is 0. The van der Waals surface area contributed by atoms with Crippen molar-refractivity contribution >= 4 is 12.0 Å². The number of rotatable bonds is 9. The Balaban J connectivity index is 3.38. The molecule has 0 aliphatic heterocycles. The van der Waals surface area contributed by atoms with Crippen LogP contribution in [-0.4, -0.2) is 43.4 Å². The Hall–Kier alpha value is -1.30. The predicted molar refractivity (Wildman–Crippen MR) is 63.9 cm³/mol. The number of ether oxygens (including phenoxy) is 1. The van der Waals surface area contributed by atoms with Gasteiger partial charge in [-0.2, -0.15) is 0 Å². The third-order valence-corrected chi connectivity index (χ3v) is 2.24. The number of aliphatic carboxylic acids is 1. The summed E-state index contributed by atoms with van der Waals surface area (Å²) in [6.45, 7) is 5.77. The molecule has 0 rings (SSSR count). The monoisotopic (exact) mass is 246 g/mol. The maximum absolute atomic E-state index is 11.2. The van der Waals surface area contributed by atoms with Gasteiger partial charge in [0.05, 0.1) is 5.92 Å². The van der Waals surface area contributed by atoms with Crippen LogP contribution >= 0.6 is 0 Å². The molecule has 0 heterocycles. The number of carboxylic acids is 1. The lowest BCUT2D eigenvalue weighted by molar-refractivity contribution is -0.141.